The number of hydrogen-bond acceptors (Lipinski definition) is 6. The quantitative estimate of drug-likeness (QED) is 0.166. The van der Waals surface area contributed by atoms with Gasteiger partial charge in [0, 0.05) is 11.5 Å². The number of amides is 1. The molecule has 8 heteroatoms. The fraction of sp³-hybridized carbons (Fsp3) is 0.219. The first-order valence-corrected chi connectivity index (χ1v) is 13.1. The molecule has 0 saturated heterocycles. The monoisotopic (exact) mass is 535 g/mol. The van der Waals surface area contributed by atoms with Crippen LogP contribution in [0.15, 0.2) is 60.7 Å². The Morgan fingerprint density at radius 2 is 1.75 bits per heavy atom. The van der Waals surface area contributed by atoms with Crippen LogP contribution in [0.1, 0.15) is 56.7 Å². The summed E-state index contributed by atoms with van der Waals surface area (Å²) in [6.07, 6.45) is 4.45. The number of esters is 1. The maximum absolute atomic E-state index is 13.5. The summed E-state index contributed by atoms with van der Waals surface area (Å²) in [6, 6.07) is 18.6. The van der Waals surface area contributed by atoms with Crippen molar-refractivity contribution in [1.29, 1.82) is 0 Å². The molecule has 1 aromatic heterocycles. The third-order valence-electron chi connectivity index (χ3n) is 7.21. The van der Waals surface area contributed by atoms with Crippen LogP contribution in [0.2, 0.25) is 0 Å². The van der Waals surface area contributed by atoms with Crippen molar-refractivity contribution in [2.75, 3.05) is 11.9 Å². The van der Waals surface area contributed by atoms with Gasteiger partial charge < -0.3 is 10.1 Å². The molecular weight excluding hydrogens is 506 g/mol. The number of nitrogens with zero attached hydrogens (tertiary/aromatic N) is 2. The minimum absolute atomic E-state index is 0.0618. The van der Waals surface area contributed by atoms with Gasteiger partial charge >= 0.3 is 5.97 Å². The predicted octanol–water partition coefficient (Wildman–Crippen LogP) is 6.74. The number of pyridine rings is 1. The van der Waals surface area contributed by atoms with Gasteiger partial charge in [-0.15, -0.1) is 0 Å². The van der Waals surface area contributed by atoms with Crippen molar-refractivity contribution in [3.05, 3.63) is 110 Å². The van der Waals surface area contributed by atoms with Crippen molar-refractivity contribution in [3.63, 3.8) is 0 Å². The van der Waals surface area contributed by atoms with E-state index in [1.165, 1.54) is 11.6 Å². The fourth-order valence-electron chi connectivity index (χ4n) is 5.01. The Labute approximate surface area is 231 Å². The SMILES string of the molecule is Cc1ccc(/C=C2\CCCc3c2nc2ccccc2c3C(=O)OCC(=O)Nc2cc(C)c(C)cc2[N+](=O)[O-])cc1. The lowest BCUT2D eigenvalue weighted by atomic mass is 9.86. The van der Waals surface area contributed by atoms with Crippen LogP contribution in [0.25, 0.3) is 22.6 Å². The van der Waals surface area contributed by atoms with Crippen molar-refractivity contribution in [2.24, 2.45) is 0 Å². The van der Waals surface area contributed by atoms with Crippen molar-refractivity contribution >= 4 is 45.8 Å². The molecule has 0 saturated carbocycles. The van der Waals surface area contributed by atoms with E-state index >= 15 is 0 Å². The number of ether oxygens (including phenoxy) is 1. The molecule has 0 fully saturated rings. The molecule has 1 aliphatic rings. The second-order valence-corrected chi connectivity index (χ2v) is 10.1. The Morgan fingerprint density at radius 1 is 1.02 bits per heavy atom. The van der Waals surface area contributed by atoms with Gasteiger partial charge in [0.05, 0.1) is 21.7 Å². The molecule has 0 unspecified atom stereocenters. The Balaban J connectivity index is 1.44. The largest absolute Gasteiger partial charge is 0.452 e. The second kappa shape index (κ2) is 11.1. The highest BCUT2D eigenvalue weighted by atomic mass is 16.6. The Hall–Kier alpha value is -4.85. The van der Waals surface area contributed by atoms with Gasteiger partial charge in [0.25, 0.3) is 11.6 Å². The topological polar surface area (TPSA) is 111 Å². The number of carbonyl (C=O) groups excluding carboxylic acids is 2. The number of aromatic nitrogens is 1. The van der Waals surface area contributed by atoms with Crippen LogP contribution in [0.5, 0.6) is 0 Å². The van der Waals surface area contributed by atoms with Gasteiger partial charge in [0.2, 0.25) is 0 Å². The summed E-state index contributed by atoms with van der Waals surface area (Å²) in [6.45, 7) is 5.02. The number of rotatable bonds is 6. The molecule has 202 valence electrons. The van der Waals surface area contributed by atoms with Gasteiger partial charge in [-0.3, -0.25) is 14.9 Å². The summed E-state index contributed by atoms with van der Waals surface area (Å²) < 4.78 is 5.49. The Kier molecular flexibility index (Phi) is 7.42. The predicted molar refractivity (Wildman–Crippen MR) is 155 cm³/mol. The third kappa shape index (κ3) is 5.47. The summed E-state index contributed by atoms with van der Waals surface area (Å²) in [5.41, 5.74) is 7.30. The zero-order valence-corrected chi connectivity index (χ0v) is 22.6. The summed E-state index contributed by atoms with van der Waals surface area (Å²) in [5, 5.41) is 14.7. The van der Waals surface area contributed by atoms with E-state index in [9.17, 15) is 19.7 Å². The molecule has 4 aromatic rings. The van der Waals surface area contributed by atoms with Crippen LogP contribution in [0.4, 0.5) is 11.4 Å². The van der Waals surface area contributed by atoms with Crippen molar-refractivity contribution in [1.82, 2.24) is 4.98 Å². The van der Waals surface area contributed by atoms with E-state index in [-0.39, 0.29) is 11.4 Å². The molecule has 0 atom stereocenters. The van der Waals surface area contributed by atoms with Gasteiger partial charge in [0.15, 0.2) is 6.61 Å². The number of fused-ring (bicyclic) bond motifs is 2. The molecule has 8 nitrogen and oxygen atoms in total. The van der Waals surface area contributed by atoms with Crippen LogP contribution < -0.4 is 5.32 Å². The van der Waals surface area contributed by atoms with Crippen molar-refractivity contribution in [2.45, 2.75) is 40.0 Å². The summed E-state index contributed by atoms with van der Waals surface area (Å²) in [5.74, 6) is -1.29. The number of nitro groups is 1. The average molecular weight is 536 g/mol. The van der Waals surface area contributed by atoms with Crippen LogP contribution in [-0.2, 0) is 16.0 Å². The molecule has 0 bridgehead atoms. The standard InChI is InChI=1S/C32H29N3O5/c1-19-11-13-22(14-12-19)17-23-7-6-9-25-30(24-8-4-5-10-26(24)34-31(23)25)32(37)40-18-29(36)33-27-15-20(2)21(3)16-28(27)35(38)39/h4-5,8,10-17H,6-7,9,18H2,1-3H3,(H,33,36)/b23-17+. The Bertz CT molecular complexity index is 1690. The lowest BCUT2D eigenvalue weighted by Gasteiger charge is -2.22. The van der Waals surface area contributed by atoms with E-state index in [1.807, 2.05) is 31.2 Å². The number of benzene rings is 3. The van der Waals surface area contributed by atoms with Crippen LogP contribution in [0, 0.1) is 30.9 Å². The smallest absolute Gasteiger partial charge is 0.339 e. The van der Waals surface area contributed by atoms with Crippen molar-refractivity contribution in [3.8, 4) is 0 Å². The molecule has 3 aromatic carbocycles. The highest BCUT2D eigenvalue weighted by Gasteiger charge is 2.27. The van der Waals surface area contributed by atoms with Crippen molar-refractivity contribution < 1.29 is 19.2 Å². The van der Waals surface area contributed by atoms with E-state index in [1.54, 1.807) is 19.9 Å². The molecule has 5 rings (SSSR count). The van der Waals surface area contributed by atoms with E-state index < -0.39 is 23.4 Å². The third-order valence-corrected chi connectivity index (χ3v) is 7.21. The highest BCUT2D eigenvalue weighted by molar-refractivity contribution is 6.07. The molecular formula is C32H29N3O5. The highest BCUT2D eigenvalue weighted by Crippen LogP contribution is 2.36. The molecule has 0 radical (unpaired) electrons. The molecule has 1 amide bonds. The lowest BCUT2D eigenvalue weighted by molar-refractivity contribution is -0.384. The van der Waals surface area contributed by atoms with Gasteiger partial charge in [-0.2, -0.15) is 0 Å². The van der Waals surface area contributed by atoms with E-state index in [0.29, 0.717) is 22.9 Å². The number of para-hydroxylation sites is 1. The minimum Gasteiger partial charge on any atom is -0.452 e. The number of allylic oxidation sites excluding steroid dienone is 1. The van der Waals surface area contributed by atoms with Crippen LogP contribution >= 0.6 is 0 Å². The van der Waals surface area contributed by atoms with Gasteiger partial charge in [0.1, 0.15) is 5.69 Å². The molecule has 0 spiro atoms. The summed E-state index contributed by atoms with van der Waals surface area (Å²) >= 11 is 0. The zero-order chi connectivity index (χ0) is 28.4. The Morgan fingerprint density at radius 3 is 2.50 bits per heavy atom. The number of nitrogens with one attached hydrogen (secondary N) is 1. The van der Waals surface area contributed by atoms with Gasteiger partial charge in [-0.1, -0.05) is 48.0 Å². The van der Waals surface area contributed by atoms with Crippen LogP contribution in [0.3, 0.4) is 0 Å². The normalized spacial score (nSPS) is 13.6. The van der Waals surface area contributed by atoms with Gasteiger partial charge in [-0.25, -0.2) is 9.78 Å². The van der Waals surface area contributed by atoms with E-state index in [0.717, 1.165) is 46.4 Å². The maximum Gasteiger partial charge on any atom is 0.339 e. The molecule has 0 aliphatic heterocycles. The number of nitro benzene ring substituents is 1. The number of aryl methyl sites for hydroxylation is 3. The van der Waals surface area contributed by atoms with E-state index in [2.05, 4.69) is 35.7 Å². The average Bonchev–Trinajstić information content (AvgIpc) is 2.93. The van der Waals surface area contributed by atoms with Crippen LogP contribution in [-0.4, -0.2) is 28.4 Å². The maximum atomic E-state index is 13.5. The molecule has 1 N–H and O–H groups in total. The first-order chi connectivity index (χ1) is 19.2. The number of anilines is 1. The first-order valence-electron chi connectivity index (χ1n) is 13.1. The zero-order valence-electron chi connectivity index (χ0n) is 22.6. The molecule has 1 heterocycles. The number of hydrogen-bond donors (Lipinski definition) is 1. The number of carbonyl (C=O) groups is 2. The van der Waals surface area contributed by atoms with E-state index in [4.69, 9.17) is 9.72 Å². The summed E-state index contributed by atoms with van der Waals surface area (Å²) in [7, 11) is 0. The van der Waals surface area contributed by atoms with Gasteiger partial charge in [-0.05, 0) is 86.1 Å². The minimum atomic E-state index is -0.660. The summed E-state index contributed by atoms with van der Waals surface area (Å²) in [4.78, 5) is 42.1. The molecule has 1 aliphatic carbocycles. The molecule has 40 heavy (non-hydrogen) atoms. The first kappa shape index (κ1) is 26.7. The second-order valence-electron chi connectivity index (χ2n) is 10.1. The fourth-order valence-corrected chi connectivity index (χ4v) is 5.01. The lowest BCUT2D eigenvalue weighted by Crippen LogP contribution is -2.23.